The molecule has 0 saturated carbocycles. The molecule has 0 radical (unpaired) electrons. The lowest BCUT2D eigenvalue weighted by atomic mass is 10.00. The maximum atomic E-state index is 11.8. The molecule has 0 aromatic heterocycles. The van der Waals surface area contributed by atoms with Crippen molar-refractivity contribution in [3.63, 3.8) is 0 Å². The van der Waals surface area contributed by atoms with Crippen LogP contribution in [-0.4, -0.2) is 24.1 Å². The number of rotatable bonds is 8. The zero-order valence-corrected chi connectivity index (χ0v) is 11.6. The Bertz CT molecular complexity index is 387. The molecule has 0 saturated heterocycles. The molecule has 19 heavy (non-hydrogen) atoms. The average Bonchev–Trinajstić information content (AvgIpc) is 2.39. The van der Waals surface area contributed by atoms with Crippen molar-refractivity contribution < 1.29 is 9.90 Å². The van der Waals surface area contributed by atoms with E-state index in [-0.39, 0.29) is 18.1 Å². The predicted octanol–water partition coefficient (Wildman–Crippen LogP) is 1.82. The fourth-order valence-electron chi connectivity index (χ4n) is 2.15. The van der Waals surface area contributed by atoms with Gasteiger partial charge in [0.2, 0.25) is 5.91 Å². The quantitative estimate of drug-likeness (QED) is 0.670. The second-order valence-corrected chi connectivity index (χ2v) is 4.84. The summed E-state index contributed by atoms with van der Waals surface area (Å²) in [5.41, 5.74) is 6.22. The normalized spacial score (nSPS) is 12.1. The minimum atomic E-state index is -0.0559. The zero-order valence-electron chi connectivity index (χ0n) is 11.6. The van der Waals surface area contributed by atoms with Crippen LogP contribution in [0.25, 0.3) is 0 Å². The molecule has 4 nitrogen and oxygen atoms in total. The second-order valence-electron chi connectivity index (χ2n) is 4.84. The van der Waals surface area contributed by atoms with Gasteiger partial charge in [0, 0.05) is 12.1 Å². The maximum Gasteiger partial charge on any atom is 0.224 e. The van der Waals surface area contributed by atoms with Gasteiger partial charge in [-0.3, -0.25) is 4.79 Å². The number of benzene rings is 1. The van der Waals surface area contributed by atoms with E-state index in [2.05, 4.69) is 12.2 Å². The van der Waals surface area contributed by atoms with Crippen molar-refractivity contribution in [2.24, 2.45) is 11.7 Å². The molecule has 0 bridgehead atoms. The van der Waals surface area contributed by atoms with Crippen LogP contribution >= 0.6 is 0 Å². The Balaban J connectivity index is 2.40. The van der Waals surface area contributed by atoms with Crippen LogP contribution in [0.2, 0.25) is 0 Å². The highest BCUT2D eigenvalue weighted by molar-refractivity contribution is 5.79. The summed E-state index contributed by atoms with van der Waals surface area (Å²) in [5, 5.41) is 12.5. The number of amides is 1. The molecule has 1 atom stereocenters. The monoisotopic (exact) mass is 264 g/mol. The molecule has 0 fully saturated rings. The summed E-state index contributed by atoms with van der Waals surface area (Å²) < 4.78 is 0. The van der Waals surface area contributed by atoms with Crippen LogP contribution in [0.4, 0.5) is 0 Å². The summed E-state index contributed by atoms with van der Waals surface area (Å²) in [4.78, 5) is 11.8. The number of aromatic hydroxyl groups is 1. The third-order valence-corrected chi connectivity index (χ3v) is 3.20. The van der Waals surface area contributed by atoms with Gasteiger partial charge in [-0.05, 0) is 31.4 Å². The molecule has 0 aliphatic rings. The molecule has 0 aliphatic carbocycles. The van der Waals surface area contributed by atoms with Crippen LogP contribution in [0.1, 0.15) is 31.7 Å². The Labute approximate surface area is 115 Å². The smallest absolute Gasteiger partial charge is 0.224 e. The Kier molecular flexibility index (Phi) is 6.97. The molecular weight excluding hydrogens is 240 g/mol. The molecule has 0 aliphatic heterocycles. The molecule has 0 spiro atoms. The molecule has 1 aromatic rings. The highest BCUT2D eigenvalue weighted by Crippen LogP contribution is 2.16. The fraction of sp³-hybridized carbons (Fsp3) is 0.533. The molecule has 1 aromatic carbocycles. The summed E-state index contributed by atoms with van der Waals surface area (Å²) in [7, 11) is 0. The predicted molar refractivity (Wildman–Crippen MR) is 76.9 cm³/mol. The number of phenols is 1. The first-order valence-electron chi connectivity index (χ1n) is 6.91. The summed E-state index contributed by atoms with van der Waals surface area (Å²) >= 11 is 0. The van der Waals surface area contributed by atoms with E-state index in [1.807, 2.05) is 6.07 Å². The number of nitrogens with two attached hydrogens (primary N) is 1. The van der Waals surface area contributed by atoms with Gasteiger partial charge in [0.25, 0.3) is 0 Å². The minimum absolute atomic E-state index is 0.0559. The number of phenolic OH excluding ortho intramolecular Hbond substituents is 1. The van der Waals surface area contributed by atoms with E-state index >= 15 is 0 Å². The van der Waals surface area contributed by atoms with E-state index in [1.165, 1.54) is 0 Å². The lowest BCUT2D eigenvalue weighted by Crippen LogP contribution is -2.31. The summed E-state index contributed by atoms with van der Waals surface area (Å²) in [6.45, 7) is 3.45. The Morgan fingerprint density at radius 1 is 1.37 bits per heavy atom. The second kappa shape index (κ2) is 8.53. The van der Waals surface area contributed by atoms with Crippen molar-refractivity contribution in [3.8, 4) is 5.75 Å². The molecule has 1 unspecified atom stereocenters. The number of hydrogen-bond donors (Lipinski definition) is 3. The molecule has 0 heterocycles. The SMILES string of the molecule is CCCC(CCN)CNC(=O)Cc1ccccc1O. The van der Waals surface area contributed by atoms with Gasteiger partial charge < -0.3 is 16.2 Å². The number of para-hydroxylation sites is 1. The third-order valence-electron chi connectivity index (χ3n) is 3.20. The van der Waals surface area contributed by atoms with Gasteiger partial charge in [0.15, 0.2) is 0 Å². The van der Waals surface area contributed by atoms with Crippen molar-refractivity contribution in [1.29, 1.82) is 0 Å². The summed E-state index contributed by atoms with van der Waals surface area (Å²) in [6.07, 6.45) is 3.33. The third kappa shape index (κ3) is 5.75. The Morgan fingerprint density at radius 3 is 2.74 bits per heavy atom. The first kappa shape index (κ1) is 15.5. The Hall–Kier alpha value is -1.55. The number of carbonyl (C=O) groups is 1. The van der Waals surface area contributed by atoms with Crippen molar-refractivity contribution in [2.45, 2.75) is 32.6 Å². The highest BCUT2D eigenvalue weighted by Gasteiger charge is 2.10. The van der Waals surface area contributed by atoms with Gasteiger partial charge in [-0.15, -0.1) is 0 Å². The van der Waals surface area contributed by atoms with E-state index in [4.69, 9.17) is 5.73 Å². The van der Waals surface area contributed by atoms with Gasteiger partial charge in [0.1, 0.15) is 5.75 Å². The van der Waals surface area contributed by atoms with Gasteiger partial charge in [-0.1, -0.05) is 31.5 Å². The highest BCUT2D eigenvalue weighted by atomic mass is 16.3. The van der Waals surface area contributed by atoms with Crippen LogP contribution in [0.5, 0.6) is 5.75 Å². The van der Waals surface area contributed by atoms with Gasteiger partial charge in [-0.2, -0.15) is 0 Å². The molecule has 4 heteroatoms. The van der Waals surface area contributed by atoms with E-state index in [0.717, 1.165) is 19.3 Å². The molecule has 1 rings (SSSR count). The van der Waals surface area contributed by atoms with Crippen molar-refractivity contribution in [2.75, 3.05) is 13.1 Å². The first-order chi connectivity index (χ1) is 9.17. The lowest BCUT2D eigenvalue weighted by molar-refractivity contribution is -0.120. The van der Waals surface area contributed by atoms with E-state index in [9.17, 15) is 9.90 Å². The van der Waals surface area contributed by atoms with Crippen molar-refractivity contribution in [1.82, 2.24) is 5.32 Å². The average molecular weight is 264 g/mol. The number of carbonyl (C=O) groups excluding carboxylic acids is 1. The molecule has 4 N–H and O–H groups in total. The van der Waals surface area contributed by atoms with E-state index in [1.54, 1.807) is 18.2 Å². The van der Waals surface area contributed by atoms with Crippen molar-refractivity contribution >= 4 is 5.91 Å². The number of hydrogen-bond acceptors (Lipinski definition) is 3. The van der Waals surface area contributed by atoms with E-state index < -0.39 is 0 Å². The first-order valence-corrected chi connectivity index (χ1v) is 6.91. The van der Waals surface area contributed by atoms with Crippen LogP contribution < -0.4 is 11.1 Å². The fourth-order valence-corrected chi connectivity index (χ4v) is 2.15. The van der Waals surface area contributed by atoms with E-state index in [0.29, 0.717) is 24.6 Å². The number of nitrogens with one attached hydrogen (secondary N) is 1. The Morgan fingerprint density at radius 2 is 2.11 bits per heavy atom. The molecule has 106 valence electrons. The largest absolute Gasteiger partial charge is 0.508 e. The van der Waals surface area contributed by atoms with Gasteiger partial charge in [-0.25, -0.2) is 0 Å². The van der Waals surface area contributed by atoms with Gasteiger partial charge >= 0.3 is 0 Å². The molecular formula is C15H24N2O2. The van der Waals surface area contributed by atoms with Crippen LogP contribution in [-0.2, 0) is 11.2 Å². The van der Waals surface area contributed by atoms with Crippen LogP contribution in [0.3, 0.4) is 0 Å². The van der Waals surface area contributed by atoms with Crippen molar-refractivity contribution in [3.05, 3.63) is 29.8 Å². The topological polar surface area (TPSA) is 75.3 Å². The standard InChI is InChI=1S/C15H24N2O2/c1-2-5-12(8-9-16)11-17-15(19)10-13-6-3-4-7-14(13)18/h3-4,6-7,12,18H,2,5,8-11,16H2,1H3,(H,17,19). The van der Waals surface area contributed by atoms with Gasteiger partial charge in [0.05, 0.1) is 6.42 Å². The lowest BCUT2D eigenvalue weighted by Gasteiger charge is -2.16. The minimum Gasteiger partial charge on any atom is -0.508 e. The zero-order chi connectivity index (χ0) is 14.1. The summed E-state index contributed by atoms with van der Waals surface area (Å²) in [5.74, 6) is 0.563. The maximum absolute atomic E-state index is 11.8. The van der Waals surface area contributed by atoms with Crippen LogP contribution in [0, 0.1) is 5.92 Å². The molecule has 1 amide bonds. The van der Waals surface area contributed by atoms with Crippen LogP contribution in [0.15, 0.2) is 24.3 Å². The summed E-state index contributed by atoms with van der Waals surface area (Å²) in [6, 6.07) is 6.92.